The van der Waals surface area contributed by atoms with Crippen LogP contribution in [0.3, 0.4) is 0 Å². The molecule has 0 fully saturated rings. The minimum Gasteiger partial charge on any atom is -0.310 e. The zero-order valence-corrected chi connectivity index (χ0v) is 34.0. The van der Waals surface area contributed by atoms with Crippen molar-refractivity contribution in [1.82, 2.24) is 4.57 Å². The molecule has 2 nitrogen and oxygen atoms in total. The topological polar surface area (TPSA) is 8.17 Å². The van der Waals surface area contributed by atoms with Crippen LogP contribution in [0.4, 0.5) is 17.1 Å². The van der Waals surface area contributed by atoms with E-state index in [1.807, 2.05) is 0 Å². The van der Waals surface area contributed by atoms with E-state index in [-0.39, 0.29) is 0 Å². The van der Waals surface area contributed by atoms with Crippen LogP contribution in [0, 0.1) is 0 Å². The first kappa shape index (κ1) is 35.7. The maximum absolute atomic E-state index is 2.41. The van der Waals surface area contributed by atoms with Crippen LogP contribution in [0.15, 0.2) is 243 Å². The van der Waals surface area contributed by atoms with E-state index in [9.17, 15) is 0 Å². The van der Waals surface area contributed by atoms with Crippen LogP contribution in [0.25, 0.3) is 93.2 Å². The highest BCUT2D eigenvalue weighted by molar-refractivity contribution is 6.22. The van der Waals surface area contributed by atoms with Crippen LogP contribution in [-0.2, 0) is 0 Å². The zero-order valence-electron chi connectivity index (χ0n) is 34.0. The van der Waals surface area contributed by atoms with Gasteiger partial charge in [-0.15, -0.1) is 0 Å². The van der Waals surface area contributed by atoms with Crippen molar-refractivity contribution in [3.63, 3.8) is 0 Å². The number of anilines is 3. The lowest BCUT2D eigenvalue weighted by Gasteiger charge is -2.26. The molecule has 290 valence electrons. The fraction of sp³-hybridized carbons (Fsp3) is 0. The molecule has 0 spiro atoms. The van der Waals surface area contributed by atoms with Crippen LogP contribution < -0.4 is 4.90 Å². The van der Waals surface area contributed by atoms with Gasteiger partial charge in [0.05, 0.1) is 11.0 Å². The van der Waals surface area contributed by atoms with Gasteiger partial charge in [-0.3, -0.25) is 0 Å². The molecule has 62 heavy (non-hydrogen) atoms. The molecule has 0 saturated heterocycles. The first-order valence-electron chi connectivity index (χ1n) is 21.3. The minimum atomic E-state index is 1.10. The van der Waals surface area contributed by atoms with Gasteiger partial charge in [0, 0.05) is 33.5 Å². The molecular weight excluding hydrogens is 749 g/mol. The number of para-hydroxylation sites is 2. The third kappa shape index (κ3) is 5.96. The molecule has 1 aromatic heterocycles. The molecule has 0 atom stereocenters. The fourth-order valence-electron chi connectivity index (χ4n) is 9.70. The highest BCUT2D eigenvalue weighted by Crippen LogP contribution is 2.46. The van der Waals surface area contributed by atoms with Crippen molar-refractivity contribution in [2.24, 2.45) is 0 Å². The third-order valence-electron chi connectivity index (χ3n) is 12.5. The Morgan fingerprint density at radius 1 is 0.258 bits per heavy atom. The average Bonchev–Trinajstić information content (AvgIpc) is 3.68. The Balaban J connectivity index is 1.03. The molecule has 0 unspecified atom stereocenters. The van der Waals surface area contributed by atoms with Gasteiger partial charge in [0.15, 0.2) is 0 Å². The second kappa shape index (κ2) is 14.8. The summed E-state index contributed by atoms with van der Waals surface area (Å²) in [6.07, 6.45) is 0. The van der Waals surface area contributed by atoms with E-state index in [0.717, 1.165) is 22.7 Å². The van der Waals surface area contributed by atoms with E-state index in [4.69, 9.17) is 0 Å². The Kier molecular flexibility index (Phi) is 8.53. The highest BCUT2D eigenvalue weighted by Gasteiger charge is 2.20. The first-order chi connectivity index (χ1) is 30.8. The second-order valence-electron chi connectivity index (χ2n) is 16.1. The molecule has 0 radical (unpaired) electrons. The quantitative estimate of drug-likeness (QED) is 0.146. The van der Waals surface area contributed by atoms with Crippen molar-refractivity contribution in [3.05, 3.63) is 243 Å². The van der Waals surface area contributed by atoms with Gasteiger partial charge in [0.1, 0.15) is 0 Å². The van der Waals surface area contributed by atoms with E-state index in [1.165, 1.54) is 87.5 Å². The number of hydrogen-bond donors (Lipinski definition) is 0. The van der Waals surface area contributed by atoms with Gasteiger partial charge < -0.3 is 9.47 Å². The number of hydrogen-bond acceptors (Lipinski definition) is 1. The summed E-state index contributed by atoms with van der Waals surface area (Å²) < 4.78 is 2.38. The smallest absolute Gasteiger partial charge is 0.0542 e. The number of nitrogens with zero attached hydrogens (tertiary/aromatic N) is 2. The maximum atomic E-state index is 2.41. The molecule has 0 amide bonds. The monoisotopic (exact) mass is 788 g/mol. The second-order valence-corrected chi connectivity index (χ2v) is 16.1. The molecule has 0 N–H and O–H groups in total. The molecule has 12 rings (SSSR count). The molecule has 12 aromatic rings. The van der Waals surface area contributed by atoms with Crippen LogP contribution in [-0.4, -0.2) is 4.57 Å². The van der Waals surface area contributed by atoms with E-state index in [0.29, 0.717) is 0 Å². The summed E-state index contributed by atoms with van der Waals surface area (Å²) in [5.74, 6) is 0. The molecule has 0 aliphatic rings. The van der Waals surface area contributed by atoms with Gasteiger partial charge in [-0.1, -0.05) is 176 Å². The molecular formula is C60H40N2. The van der Waals surface area contributed by atoms with Crippen molar-refractivity contribution >= 4 is 71.2 Å². The summed E-state index contributed by atoms with van der Waals surface area (Å²) >= 11 is 0. The largest absolute Gasteiger partial charge is 0.310 e. The standard InChI is InChI=1S/C60H40N2/c1-4-17-43(18-5-1)59-54-26-13-12-24-51(54)52-36-31-46(39-56(52)60(59)44-19-6-2-7-20-44)42-28-32-48(33-29-42)61(49-34-30-41-16-10-11-21-45(41)38-49)50-35-37-58-55(40-50)53-25-14-15-27-57(53)62(58)47-22-8-3-9-23-47/h1-40H. The summed E-state index contributed by atoms with van der Waals surface area (Å²) in [5, 5.41) is 9.91. The summed E-state index contributed by atoms with van der Waals surface area (Å²) in [4.78, 5) is 2.40. The SMILES string of the molecule is c1ccc(-c2c(-c3ccccc3)c3cc(-c4ccc(N(c5ccc6ccccc6c5)c5ccc6c(c5)c5ccccc5n6-c5ccccc5)cc4)ccc3c3ccccc23)cc1. The van der Waals surface area contributed by atoms with Crippen molar-refractivity contribution in [1.29, 1.82) is 0 Å². The highest BCUT2D eigenvalue weighted by atomic mass is 15.1. The van der Waals surface area contributed by atoms with E-state index < -0.39 is 0 Å². The van der Waals surface area contributed by atoms with Crippen LogP contribution in [0.5, 0.6) is 0 Å². The number of fused-ring (bicyclic) bond motifs is 7. The predicted molar refractivity (Wildman–Crippen MR) is 264 cm³/mol. The summed E-state index contributed by atoms with van der Waals surface area (Å²) in [5.41, 5.74) is 14.2. The number of rotatable bonds is 7. The van der Waals surface area contributed by atoms with Crippen molar-refractivity contribution in [3.8, 4) is 39.1 Å². The fourth-order valence-corrected chi connectivity index (χ4v) is 9.70. The Labute approximate surface area is 360 Å². The predicted octanol–water partition coefficient (Wildman–Crippen LogP) is 16.7. The Bertz CT molecular complexity index is 3610. The summed E-state index contributed by atoms with van der Waals surface area (Å²) in [7, 11) is 0. The van der Waals surface area contributed by atoms with E-state index >= 15 is 0 Å². The first-order valence-corrected chi connectivity index (χ1v) is 21.3. The zero-order chi connectivity index (χ0) is 41.0. The molecule has 1 heterocycles. The number of aromatic nitrogens is 1. The van der Waals surface area contributed by atoms with Crippen molar-refractivity contribution in [2.45, 2.75) is 0 Å². The van der Waals surface area contributed by atoms with Gasteiger partial charge in [0.25, 0.3) is 0 Å². The third-order valence-corrected chi connectivity index (χ3v) is 12.5. The maximum Gasteiger partial charge on any atom is 0.0542 e. The van der Waals surface area contributed by atoms with Crippen LogP contribution in [0.1, 0.15) is 0 Å². The Morgan fingerprint density at radius 2 is 0.774 bits per heavy atom. The molecule has 0 saturated carbocycles. The van der Waals surface area contributed by atoms with Gasteiger partial charge in [-0.2, -0.15) is 0 Å². The lowest BCUT2D eigenvalue weighted by Crippen LogP contribution is -2.10. The normalized spacial score (nSPS) is 11.5. The minimum absolute atomic E-state index is 1.10. The molecule has 2 heteroatoms. The van der Waals surface area contributed by atoms with Gasteiger partial charge in [-0.25, -0.2) is 0 Å². The lowest BCUT2D eigenvalue weighted by molar-refractivity contribution is 1.18. The summed E-state index contributed by atoms with van der Waals surface area (Å²) in [6.45, 7) is 0. The van der Waals surface area contributed by atoms with Crippen LogP contribution in [0.2, 0.25) is 0 Å². The Morgan fingerprint density at radius 3 is 1.52 bits per heavy atom. The van der Waals surface area contributed by atoms with Crippen molar-refractivity contribution in [2.75, 3.05) is 4.90 Å². The summed E-state index contributed by atoms with van der Waals surface area (Å²) in [6, 6.07) is 88.5. The number of benzene rings is 11. The van der Waals surface area contributed by atoms with Gasteiger partial charge in [0.2, 0.25) is 0 Å². The molecule has 0 aliphatic carbocycles. The molecule has 0 aliphatic heterocycles. The van der Waals surface area contributed by atoms with E-state index in [2.05, 4.69) is 252 Å². The molecule has 11 aromatic carbocycles. The Hall–Kier alpha value is -8.20. The van der Waals surface area contributed by atoms with Gasteiger partial charge in [-0.05, 0) is 132 Å². The lowest BCUT2D eigenvalue weighted by atomic mass is 9.84. The van der Waals surface area contributed by atoms with Gasteiger partial charge >= 0.3 is 0 Å². The average molecular weight is 789 g/mol. The van der Waals surface area contributed by atoms with E-state index in [1.54, 1.807) is 0 Å². The molecule has 0 bridgehead atoms. The van der Waals surface area contributed by atoms with Crippen LogP contribution >= 0.6 is 0 Å². The van der Waals surface area contributed by atoms with Crippen molar-refractivity contribution < 1.29 is 0 Å².